The Kier molecular flexibility index (Phi) is 5.23. The first kappa shape index (κ1) is 15.1. The maximum Gasteiger partial charge on any atom is 0.115 e. The van der Waals surface area contributed by atoms with Crippen molar-refractivity contribution in [1.82, 2.24) is 0 Å². The number of thioether (sulfide) groups is 2. The molecule has 2 aromatic rings. The normalized spacial score (nSPS) is 12.6. The Morgan fingerprint density at radius 3 is 1.40 bits per heavy atom. The van der Waals surface area contributed by atoms with Gasteiger partial charge in [0.2, 0.25) is 0 Å². The molecule has 0 aliphatic heterocycles. The van der Waals surface area contributed by atoms with Gasteiger partial charge in [-0.3, -0.25) is 0 Å². The highest BCUT2D eigenvalue weighted by Crippen LogP contribution is 2.38. The third kappa shape index (κ3) is 4.37. The molecule has 0 spiro atoms. The van der Waals surface area contributed by atoms with Gasteiger partial charge >= 0.3 is 0 Å². The summed E-state index contributed by atoms with van der Waals surface area (Å²) in [7, 11) is 0. The van der Waals surface area contributed by atoms with E-state index in [-0.39, 0.29) is 16.1 Å². The van der Waals surface area contributed by atoms with Crippen molar-refractivity contribution in [3.05, 3.63) is 48.5 Å². The Morgan fingerprint density at radius 1 is 0.750 bits per heavy atom. The maximum atomic E-state index is 9.90. The molecule has 5 heteroatoms. The van der Waals surface area contributed by atoms with Crippen LogP contribution in [0.5, 0.6) is 11.5 Å². The number of phenols is 2. The van der Waals surface area contributed by atoms with Crippen molar-refractivity contribution in [3.8, 4) is 11.5 Å². The molecule has 3 N–H and O–H groups in total. The summed E-state index contributed by atoms with van der Waals surface area (Å²) < 4.78 is -0.0657. The number of hydrogen-bond acceptors (Lipinski definition) is 5. The van der Waals surface area contributed by atoms with Crippen molar-refractivity contribution < 1.29 is 15.3 Å². The van der Waals surface area contributed by atoms with Crippen LogP contribution in [0.4, 0.5) is 0 Å². The predicted molar refractivity (Wildman–Crippen MR) is 83.4 cm³/mol. The smallest absolute Gasteiger partial charge is 0.115 e. The highest BCUT2D eigenvalue weighted by molar-refractivity contribution is 8.17. The Labute approximate surface area is 126 Å². The van der Waals surface area contributed by atoms with Crippen LogP contribution < -0.4 is 0 Å². The summed E-state index contributed by atoms with van der Waals surface area (Å²) in [4.78, 5) is 1.97. The number of aliphatic hydroxyl groups excluding tert-OH is 1. The minimum absolute atomic E-state index is 0.0657. The molecule has 0 radical (unpaired) electrons. The van der Waals surface area contributed by atoms with Crippen LogP contribution in [-0.2, 0) is 0 Å². The lowest BCUT2D eigenvalue weighted by molar-refractivity contribution is 0.213. The van der Waals surface area contributed by atoms with Crippen molar-refractivity contribution >= 4 is 23.5 Å². The summed E-state index contributed by atoms with van der Waals surface area (Å²) >= 11 is 3.09. The second-order valence-corrected chi connectivity index (χ2v) is 7.06. The van der Waals surface area contributed by atoms with Crippen LogP contribution in [0.25, 0.3) is 0 Å². The summed E-state index contributed by atoms with van der Waals surface area (Å²) in [6, 6.07) is 13.8. The molecule has 0 saturated carbocycles. The monoisotopic (exact) mass is 308 g/mol. The maximum absolute atomic E-state index is 9.90. The van der Waals surface area contributed by atoms with E-state index in [1.807, 2.05) is 24.3 Å². The molecule has 0 heterocycles. The van der Waals surface area contributed by atoms with E-state index in [0.29, 0.717) is 0 Å². The summed E-state index contributed by atoms with van der Waals surface area (Å²) in [6.07, 6.45) is -0.493. The van der Waals surface area contributed by atoms with Gasteiger partial charge in [0.15, 0.2) is 0 Å². The largest absolute Gasteiger partial charge is 0.508 e. The average molecular weight is 308 g/mol. The van der Waals surface area contributed by atoms with Gasteiger partial charge in [0.1, 0.15) is 11.5 Å². The highest BCUT2D eigenvalue weighted by atomic mass is 32.2. The number of hydrogen-bond donors (Lipinski definition) is 3. The second kappa shape index (κ2) is 6.92. The first-order valence-electron chi connectivity index (χ1n) is 6.14. The molecule has 3 nitrogen and oxygen atoms in total. The molecule has 0 aliphatic rings. The third-order valence-electron chi connectivity index (χ3n) is 2.57. The summed E-state index contributed by atoms with van der Waals surface area (Å²) in [6.45, 7) is 1.76. The molecule has 0 bridgehead atoms. The minimum atomic E-state index is -0.493. The molecule has 20 heavy (non-hydrogen) atoms. The van der Waals surface area contributed by atoms with E-state index in [0.717, 1.165) is 9.79 Å². The molecule has 2 aromatic carbocycles. The van der Waals surface area contributed by atoms with E-state index in [2.05, 4.69) is 0 Å². The van der Waals surface area contributed by atoms with E-state index in [4.69, 9.17) is 0 Å². The van der Waals surface area contributed by atoms with Gasteiger partial charge in [-0.05, 0) is 55.5 Å². The van der Waals surface area contributed by atoms with Crippen LogP contribution in [0.1, 0.15) is 6.92 Å². The molecule has 0 fully saturated rings. The molecule has 0 aliphatic carbocycles. The molecule has 0 aromatic heterocycles. The predicted octanol–water partition coefficient (Wildman–Crippen LogP) is 3.69. The van der Waals surface area contributed by atoms with Gasteiger partial charge in [-0.15, -0.1) is 23.5 Å². The molecule has 2 rings (SSSR count). The van der Waals surface area contributed by atoms with E-state index >= 15 is 0 Å². The first-order valence-corrected chi connectivity index (χ1v) is 7.90. The number of aromatic hydroxyl groups is 2. The van der Waals surface area contributed by atoms with Crippen LogP contribution in [0.2, 0.25) is 0 Å². The summed E-state index contributed by atoms with van der Waals surface area (Å²) in [5, 5.41) is 28.5. The summed E-state index contributed by atoms with van der Waals surface area (Å²) in [5.41, 5.74) is 0. The van der Waals surface area contributed by atoms with Crippen LogP contribution in [0.15, 0.2) is 58.3 Å². The second-order valence-electron chi connectivity index (χ2n) is 4.33. The molecule has 1 unspecified atom stereocenters. The lowest BCUT2D eigenvalue weighted by Gasteiger charge is -2.19. The Bertz CT molecular complexity index is 491. The van der Waals surface area contributed by atoms with Gasteiger partial charge in [0.05, 0.1) is 10.7 Å². The van der Waals surface area contributed by atoms with Crippen molar-refractivity contribution in [1.29, 1.82) is 0 Å². The van der Waals surface area contributed by atoms with E-state index < -0.39 is 6.10 Å². The minimum Gasteiger partial charge on any atom is -0.508 e. The Balaban J connectivity index is 2.07. The van der Waals surface area contributed by atoms with Crippen molar-refractivity contribution in [2.45, 2.75) is 27.4 Å². The number of phenolic OH excluding ortho intramolecular Hbond substituents is 2. The SMILES string of the molecule is CC(O)C(Sc1ccc(O)cc1)Sc1ccc(O)cc1. The fraction of sp³-hybridized carbons (Fsp3) is 0.200. The van der Waals surface area contributed by atoms with Gasteiger partial charge in [-0.1, -0.05) is 0 Å². The quantitative estimate of drug-likeness (QED) is 0.581. The summed E-state index contributed by atoms with van der Waals surface area (Å²) in [5.74, 6) is 0.461. The zero-order valence-corrected chi connectivity index (χ0v) is 12.6. The lowest BCUT2D eigenvalue weighted by atomic mass is 10.3. The topological polar surface area (TPSA) is 60.7 Å². The van der Waals surface area contributed by atoms with Gasteiger partial charge in [-0.2, -0.15) is 0 Å². The fourth-order valence-electron chi connectivity index (χ4n) is 1.54. The van der Waals surface area contributed by atoms with E-state index in [1.54, 1.807) is 54.7 Å². The number of rotatable bonds is 5. The third-order valence-corrected chi connectivity index (χ3v) is 5.49. The van der Waals surface area contributed by atoms with Crippen LogP contribution in [0, 0.1) is 0 Å². The van der Waals surface area contributed by atoms with E-state index in [1.165, 1.54) is 0 Å². The molecular weight excluding hydrogens is 292 g/mol. The van der Waals surface area contributed by atoms with Gasteiger partial charge in [0, 0.05) is 9.79 Å². The Hall–Kier alpha value is -1.30. The highest BCUT2D eigenvalue weighted by Gasteiger charge is 2.18. The molecule has 0 amide bonds. The lowest BCUT2D eigenvalue weighted by Crippen LogP contribution is -2.15. The Morgan fingerprint density at radius 2 is 1.10 bits per heavy atom. The van der Waals surface area contributed by atoms with Crippen molar-refractivity contribution in [2.24, 2.45) is 0 Å². The van der Waals surface area contributed by atoms with Crippen LogP contribution >= 0.6 is 23.5 Å². The molecule has 1 atom stereocenters. The number of benzene rings is 2. The zero-order chi connectivity index (χ0) is 14.5. The van der Waals surface area contributed by atoms with Crippen LogP contribution in [-0.4, -0.2) is 26.0 Å². The van der Waals surface area contributed by atoms with E-state index in [9.17, 15) is 15.3 Å². The average Bonchev–Trinajstić information content (AvgIpc) is 2.42. The standard InChI is InChI=1S/C15H16O3S2/c1-10(16)15(19-13-6-2-11(17)3-7-13)20-14-8-4-12(18)5-9-14/h2-10,15-18H,1H3. The fourth-order valence-corrected chi connectivity index (χ4v) is 3.91. The first-order chi connectivity index (χ1) is 9.54. The van der Waals surface area contributed by atoms with Crippen molar-refractivity contribution in [2.75, 3.05) is 0 Å². The number of aliphatic hydroxyl groups is 1. The van der Waals surface area contributed by atoms with Gasteiger partial charge in [0.25, 0.3) is 0 Å². The molecular formula is C15H16O3S2. The zero-order valence-electron chi connectivity index (χ0n) is 10.9. The van der Waals surface area contributed by atoms with Crippen LogP contribution in [0.3, 0.4) is 0 Å². The van der Waals surface area contributed by atoms with Gasteiger partial charge < -0.3 is 15.3 Å². The molecule has 106 valence electrons. The van der Waals surface area contributed by atoms with Crippen molar-refractivity contribution in [3.63, 3.8) is 0 Å². The molecule has 0 saturated heterocycles. The van der Waals surface area contributed by atoms with Gasteiger partial charge in [-0.25, -0.2) is 0 Å².